The topological polar surface area (TPSA) is 79.5 Å². The quantitative estimate of drug-likeness (QED) is 0.259. The van der Waals surface area contributed by atoms with Gasteiger partial charge in [-0.25, -0.2) is 0 Å². The zero-order valence-electron chi connectivity index (χ0n) is 20.8. The molecule has 0 atom stereocenters. The van der Waals surface area contributed by atoms with Crippen LogP contribution in [0.15, 0.2) is 65.1 Å². The third-order valence-corrected chi connectivity index (χ3v) is 6.38. The first-order valence-corrected chi connectivity index (χ1v) is 12.9. The van der Waals surface area contributed by atoms with Gasteiger partial charge in [0, 0.05) is 11.3 Å². The Hall–Kier alpha value is -3.23. The van der Waals surface area contributed by atoms with Crippen LogP contribution in [-0.4, -0.2) is 23.5 Å². The highest BCUT2D eigenvalue weighted by Gasteiger charge is 2.15. The van der Waals surface area contributed by atoms with Gasteiger partial charge in [0.2, 0.25) is 0 Å². The van der Waals surface area contributed by atoms with Gasteiger partial charge in [-0.3, -0.25) is 14.9 Å². The third-order valence-electron chi connectivity index (χ3n) is 5.56. The second kappa shape index (κ2) is 12.6. The first-order chi connectivity index (χ1) is 17.1. The summed E-state index contributed by atoms with van der Waals surface area (Å²) in [4.78, 5) is 25.7. The van der Waals surface area contributed by atoms with Gasteiger partial charge >= 0.3 is 0 Å². The maximum Gasteiger partial charge on any atom is 0.257 e. The van der Waals surface area contributed by atoms with Crippen molar-refractivity contribution in [3.8, 4) is 5.75 Å². The Morgan fingerprint density at radius 1 is 0.944 bits per heavy atom. The van der Waals surface area contributed by atoms with Crippen molar-refractivity contribution in [2.45, 2.75) is 34.1 Å². The molecule has 0 unspecified atom stereocenters. The lowest BCUT2D eigenvalue weighted by molar-refractivity contribution is 0.0976. The Morgan fingerprint density at radius 3 is 2.39 bits per heavy atom. The van der Waals surface area contributed by atoms with E-state index in [0.29, 0.717) is 45.2 Å². The number of aryl methyl sites for hydroxylation is 2. The second-order valence-corrected chi connectivity index (χ2v) is 10.1. The summed E-state index contributed by atoms with van der Waals surface area (Å²) in [6.07, 6.45) is 0.943. The molecule has 3 aromatic rings. The molecule has 0 aliphatic rings. The molecule has 36 heavy (non-hydrogen) atoms. The van der Waals surface area contributed by atoms with Crippen LogP contribution >= 0.6 is 28.1 Å². The number of anilines is 2. The van der Waals surface area contributed by atoms with E-state index in [2.05, 4.69) is 45.7 Å². The lowest BCUT2D eigenvalue weighted by Gasteiger charge is -2.14. The largest absolute Gasteiger partial charge is 0.492 e. The van der Waals surface area contributed by atoms with Crippen LogP contribution in [0.2, 0.25) is 0 Å². The van der Waals surface area contributed by atoms with Crippen molar-refractivity contribution in [2.24, 2.45) is 5.92 Å². The number of para-hydroxylation sites is 1. The molecule has 2 amide bonds. The predicted octanol–water partition coefficient (Wildman–Crippen LogP) is 6.87. The Balaban J connectivity index is 1.63. The predicted molar refractivity (Wildman–Crippen MR) is 153 cm³/mol. The highest BCUT2D eigenvalue weighted by atomic mass is 79.9. The van der Waals surface area contributed by atoms with Crippen LogP contribution in [0.25, 0.3) is 0 Å². The molecule has 8 heteroatoms. The summed E-state index contributed by atoms with van der Waals surface area (Å²) in [5.41, 5.74) is 4.25. The highest BCUT2D eigenvalue weighted by molar-refractivity contribution is 9.10. The van der Waals surface area contributed by atoms with Crippen LogP contribution in [0.5, 0.6) is 5.75 Å². The van der Waals surface area contributed by atoms with Gasteiger partial charge in [-0.2, -0.15) is 0 Å². The smallest absolute Gasteiger partial charge is 0.257 e. The van der Waals surface area contributed by atoms with E-state index in [4.69, 9.17) is 17.0 Å². The molecule has 0 saturated carbocycles. The summed E-state index contributed by atoms with van der Waals surface area (Å²) in [5, 5.41) is 8.63. The molecule has 0 saturated heterocycles. The number of hydrogen-bond donors (Lipinski definition) is 3. The van der Waals surface area contributed by atoms with Gasteiger partial charge in [-0.1, -0.05) is 32.0 Å². The van der Waals surface area contributed by atoms with Crippen LogP contribution in [0.1, 0.15) is 52.1 Å². The van der Waals surface area contributed by atoms with Crippen LogP contribution in [0, 0.1) is 19.8 Å². The SMILES string of the molecule is Cc1ccc(NC(=O)c2ccccc2NC(=S)NC(=O)c2ccc(OCCC(C)C)c(Br)c2)cc1C. The summed E-state index contributed by atoms with van der Waals surface area (Å²) in [5.74, 6) is 0.563. The van der Waals surface area contributed by atoms with Gasteiger partial charge in [0.25, 0.3) is 11.8 Å². The number of hydrogen-bond acceptors (Lipinski definition) is 4. The fourth-order valence-electron chi connectivity index (χ4n) is 3.30. The van der Waals surface area contributed by atoms with Crippen molar-refractivity contribution < 1.29 is 14.3 Å². The van der Waals surface area contributed by atoms with Crippen molar-refractivity contribution in [3.05, 3.63) is 87.4 Å². The number of rotatable bonds is 8. The summed E-state index contributed by atoms with van der Waals surface area (Å²) < 4.78 is 6.46. The highest BCUT2D eigenvalue weighted by Crippen LogP contribution is 2.26. The molecule has 3 aromatic carbocycles. The normalized spacial score (nSPS) is 10.6. The van der Waals surface area contributed by atoms with E-state index in [1.807, 2.05) is 32.0 Å². The van der Waals surface area contributed by atoms with Crippen LogP contribution in [0.4, 0.5) is 11.4 Å². The summed E-state index contributed by atoms with van der Waals surface area (Å²) in [6.45, 7) is 8.89. The minimum atomic E-state index is -0.376. The first kappa shape index (κ1) is 27.4. The molecule has 0 spiro atoms. The van der Waals surface area contributed by atoms with Crippen molar-refractivity contribution in [1.29, 1.82) is 0 Å². The fourth-order valence-corrected chi connectivity index (χ4v) is 4.00. The monoisotopic (exact) mass is 567 g/mol. The van der Waals surface area contributed by atoms with Crippen LogP contribution in [-0.2, 0) is 0 Å². The summed E-state index contributed by atoms with van der Waals surface area (Å²) >= 11 is 8.81. The van der Waals surface area contributed by atoms with E-state index in [0.717, 1.165) is 17.5 Å². The van der Waals surface area contributed by atoms with Crippen molar-refractivity contribution in [3.63, 3.8) is 0 Å². The van der Waals surface area contributed by atoms with Gasteiger partial charge in [0.1, 0.15) is 5.75 Å². The molecule has 0 radical (unpaired) electrons. The number of ether oxygens (including phenoxy) is 1. The van der Waals surface area contributed by atoms with Crippen molar-refractivity contribution >= 4 is 56.4 Å². The number of thiocarbonyl (C=S) groups is 1. The van der Waals surface area contributed by atoms with Gasteiger partial charge in [0.05, 0.1) is 22.3 Å². The average Bonchev–Trinajstić information content (AvgIpc) is 2.82. The molecule has 0 aliphatic heterocycles. The van der Waals surface area contributed by atoms with E-state index in [-0.39, 0.29) is 16.9 Å². The minimum Gasteiger partial charge on any atom is -0.492 e. The zero-order valence-corrected chi connectivity index (χ0v) is 23.2. The number of benzene rings is 3. The lowest BCUT2D eigenvalue weighted by Crippen LogP contribution is -2.34. The molecule has 3 rings (SSSR count). The fraction of sp³-hybridized carbons (Fsp3) is 0.250. The number of halogens is 1. The molecule has 0 fully saturated rings. The molecule has 6 nitrogen and oxygen atoms in total. The van der Waals surface area contributed by atoms with Gasteiger partial charge in [-0.05, 0) is 108 Å². The molecule has 0 heterocycles. The molecule has 3 N–H and O–H groups in total. The second-order valence-electron chi connectivity index (χ2n) is 8.88. The lowest BCUT2D eigenvalue weighted by atomic mass is 10.1. The average molecular weight is 569 g/mol. The third kappa shape index (κ3) is 7.63. The minimum absolute atomic E-state index is 0.0832. The van der Waals surface area contributed by atoms with E-state index >= 15 is 0 Å². The maximum atomic E-state index is 12.9. The maximum absolute atomic E-state index is 12.9. The molecular weight excluding hydrogens is 538 g/mol. The van der Waals surface area contributed by atoms with Gasteiger partial charge < -0.3 is 15.4 Å². The summed E-state index contributed by atoms with van der Waals surface area (Å²) in [7, 11) is 0. The van der Waals surface area contributed by atoms with Gasteiger partial charge in [0.15, 0.2) is 5.11 Å². The molecule has 0 aliphatic carbocycles. The molecule has 188 valence electrons. The Morgan fingerprint density at radius 2 is 1.69 bits per heavy atom. The molecular formula is C28H30BrN3O3S. The number of nitrogens with one attached hydrogen (secondary N) is 3. The van der Waals surface area contributed by atoms with Crippen molar-refractivity contribution in [1.82, 2.24) is 5.32 Å². The Kier molecular flexibility index (Phi) is 9.61. The number of carbonyl (C=O) groups is 2. The molecule has 0 bridgehead atoms. The van der Waals surface area contributed by atoms with E-state index < -0.39 is 0 Å². The standard InChI is InChI=1S/C28H30BrN3O3S/c1-17(2)13-14-35-25-12-10-20(16-23(25)29)26(33)32-28(36)31-24-8-6-5-7-22(24)27(34)30-21-11-9-18(3)19(4)15-21/h5-12,15-17H,13-14H2,1-4H3,(H,30,34)(H2,31,32,33,36). The molecule has 0 aromatic heterocycles. The Bertz CT molecular complexity index is 1280. The van der Waals surface area contributed by atoms with E-state index in [1.54, 1.807) is 42.5 Å². The van der Waals surface area contributed by atoms with Crippen molar-refractivity contribution in [2.75, 3.05) is 17.2 Å². The zero-order chi connectivity index (χ0) is 26.2. The van der Waals surface area contributed by atoms with Crippen LogP contribution in [0.3, 0.4) is 0 Å². The van der Waals surface area contributed by atoms with E-state index in [1.165, 1.54) is 0 Å². The number of amides is 2. The summed E-state index contributed by atoms with van der Waals surface area (Å²) in [6, 6.07) is 17.8. The Labute approximate surface area is 226 Å². The number of carbonyl (C=O) groups excluding carboxylic acids is 2. The van der Waals surface area contributed by atoms with Crippen LogP contribution < -0.4 is 20.7 Å². The van der Waals surface area contributed by atoms with E-state index in [9.17, 15) is 9.59 Å². The van der Waals surface area contributed by atoms with Gasteiger partial charge in [-0.15, -0.1) is 0 Å². The first-order valence-electron chi connectivity index (χ1n) is 11.7.